The fourth-order valence-corrected chi connectivity index (χ4v) is 12.3. The molecule has 3 aromatic carbocycles. The SMILES string of the molecule is COP(OC)(OC)(OC(C)=O)c1ccccc1.COP(OC)(OC)(OC(C)=O)c1ccccc1.COP(OC)(OC)(OC(C)=O)c1ccccc1. The Morgan fingerprint density at radius 1 is 0.333 bits per heavy atom. The van der Waals surface area contributed by atoms with Gasteiger partial charge >= 0.3 is 301 Å². The Labute approximate surface area is 300 Å². The van der Waals surface area contributed by atoms with E-state index in [1.165, 1.54) is 84.8 Å². The first-order valence-electron chi connectivity index (χ1n) is 15.0. The molecule has 51 heavy (non-hydrogen) atoms. The predicted octanol–water partition coefficient (Wildman–Crippen LogP) is 6.08. The summed E-state index contributed by atoms with van der Waals surface area (Å²) in [6.07, 6.45) is 0. The van der Waals surface area contributed by atoms with E-state index in [-0.39, 0.29) is 0 Å². The standard InChI is InChI=1S/3C11H17O5P/c3*1-10(12)16-17(13-2,14-3,15-4)11-8-6-5-7-9-11/h3*5-9H,1-4H3. The van der Waals surface area contributed by atoms with Gasteiger partial charge in [-0.3, -0.25) is 0 Å². The van der Waals surface area contributed by atoms with Gasteiger partial charge in [-0.1, -0.05) is 0 Å². The summed E-state index contributed by atoms with van der Waals surface area (Å²) >= 11 is 0. The van der Waals surface area contributed by atoms with Crippen molar-refractivity contribution in [3.63, 3.8) is 0 Å². The number of rotatable bonds is 15. The van der Waals surface area contributed by atoms with Gasteiger partial charge in [-0.05, 0) is 0 Å². The molecule has 18 heteroatoms. The summed E-state index contributed by atoms with van der Waals surface area (Å²) in [6.45, 7) is 3.84. The molecule has 3 aromatic rings. The molecule has 0 heterocycles. The second kappa shape index (κ2) is 19.2. The molecule has 0 saturated carbocycles. The minimum atomic E-state index is -4.04. The van der Waals surface area contributed by atoms with E-state index in [4.69, 9.17) is 54.3 Å². The average Bonchev–Trinajstić information content (AvgIpc) is 3.17. The first-order valence-corrected chi connectivity index (χ1v) is 20.7. The third kappa shape index (κ3) is 9.71. The zero-order chi connectivity index (χ0) is 38.9. The van der Waals surface area contributed by atoms with Gasteiger partial charge in [0.15, 0.2) is 0 Å². The van der Waals surface area contributed by atoms with Gasteiger partial charge in [0.05, 0.1) is 0 Å². The summed E-state index contributed by atoms with van der Waals surface area (Å²) in [5.74, 6) is -1.59. The van der Waals surface area contributed by atoms with E-state index in [0.29, 0.717) is 15.9 Å². The van der Waals surface area contributed by atoms with Gasteiger partial charge in [0.2, 0.25) is 0 Å². The Bertz CT molecular complexity index is 1320. The van der Waals surface area contributed by atoms with Crippen molar-refractivity contribution in [2.24, 2.45) is 0 Å². The molecule has 0 radical (unpaired) electrons. The maximum absolute atomic E-state index is 11.3. The van der Waals surface area contributed by atoms with Gasteiger partial charge in [0.25, 0.3) is 0 Å². The van der Waals surface area contributed by atoms with Crippen molar-refractivity contribution in [2.45, 2.75) is 20.8 Å². The Balaban J connectivity index is 0.000000382. The monoisotopic (exact) mass is 780 g/mol. The fourth-order valence-electron chi connectivity index (χ4n) is 4.79. The second-order valence-corrected chi connectivity index (χ2v) is 20.1. The average molecular weight is 781 g/mol. The first kappa shape index (κ1) is 46.0. The molecule has 0 saturated heterocycles. The number of carbonyl (C=O) groups excluding carboxylic acids is 3. The molecular weight excluding hydrogens is 729 g/mol. The van der Waals surface area contributed by atoms with Crippen LogP contribution in [0.4, 0.5) is 0 Å². The summed E-state index contributed by atoms with van der Waals surface area (Å²) < 4.78 is 64.1. The molecule has 0 N–H and O–H groups in total. The third-order valence-electron chi connectivity index (χ3n) is 7.23. The molecule has 0 bridgehead atoms. The van der Waals surface area contributed by atoms with E-state index in [1.54, 1.807) is 72.8 Å². The van der Waals surface area contributed by atoms with Crippen LogP contribution < -0.4 is 15.9 Å². The van der Waals surface area contributed by atoms with Crippen LogP contribution in [-0.4, -0.2) is 81.9 Å². The summed E-state index contributed by atoms with van der Waals surface area (Å²) in [5.41, 5.74) is 0. The zero-order valence-electron chi connectivity index (χ0n) is 31.1. The van der Waals surface area contributed by atoms with E-state index >= 15 is 0 Å². The van der Waals surface area contributed by atoms with E-state index in [1.807, 2.05) is 18.2 Å². The molecular formula is C33H51O15P3. The van der Waals surface area contributed by atoms with Crippen molar-refractivity contribution in [2.75, 3.05) is 64.0 Å². The van der Waals surface area contributed by atoms with Gasteiger partial charge < -0.3 is 0 Å². The van der Waals surface area contributed by atoms with Crippen LogP contribution in [0, 0.1) is 0 Å². The molecule has 0 fully saturated rings. The van der Waals surface area contributed by atoms with Crippen LogP contribution in [0.2, 0.25) is 0 Å². The zero-order valence-corrected chi connectivity index (χ0v) is 33.8. The van der Waals surface area contributed by atoms with Crippen molar-refractivity contribution >= 4 is 56.4 Å². The van der Waals surface area contributed by atoms with Crippen molar-refractivity contribution in [3.05, 3.63) is 91.0 Å². The molecule has 0 spiro atoms. The van der Waals surface area contributed by atoms with Crippen LogP contribution in [0.3, 0.4) is 0 Å². The van der Waals surface area contributed by atoms with Crippen LogP contribution in [-0.2, 0) is 68.7 Å². The van der Waals surface area contributed by atoms with E-state index in [9.17, 15) is 14.4 Å². The minimum absolute atomic E-state index is 0.530. The summed E-state index contributed by atoms with van der Waals surface area (Å²) in [7, 11) is 0.390. The van der Waals surface area contributed by atoms with Crippen LogP contribution in [0.5, 0.6) is 0 Å². The maximum atomic E-state index is 11.3. The Morgan fingerprint density at radius 2 is 0.490 bits per heavy atom. The molecule has 0 aromatic heterocycles. The second-order valence-electron chi connectivity index (χ2n) is 9.84. The molecule has 3 rings (SSSR count). The van der Waals surface area contributed by atoms with E-state index in [0.717, 1.165) is 0 Å². The van der Waals surface area contributed by atoms with Gasteiger partial charge in [-0.15, -0.1) is 0 Å². The van der Waals surface area contributed by atoms with Crippen LogP contribution in [0.15, 0.2) is 91.0 Å². The van der Waals surface area contributed by atoms with Crippen molar-refractivity contribution < 1.29 is 68.7 Å². The van der Waals surface area contributed by atoms with Crippen molar-refractivity contribution in [3.8, 4) is 0 Å². The molecule has 0 aliphatic rings. The van der Waals surface area contributed by atoms with Gasteiger partial charge in [-0.25, -0.2) is 0 Å². The number of hydrogen-bond acceptors (Lipinski definition) is 15. The molecule has 288 valence electrons. The molecule has 0 aliphatic carbocycles. The van der Waals surface area contributed by atoms with Crippen LogP contribution in [0.1, 0.15) is 20.8 Å². The molecule has 0 unspecified atom stereocenters. The van der Waals surface area contributed by atoms with Gasteiger partial charge in [0.1, 0.15) is 0 Å². The van der Waals surface area contributed by atoms with Crippen LogP contribution in [0.25, 0.3) is 0 Å². The van der Waals surface area contributed by atoms with E-state index in [2.05, 4.69) is 0 Å². The topological polar surface area (TPSA) is 162 Å². The van der Waals surface area contributed by atoms with E-state index < -0.39 is 40.4 Å². The number of carbonyl (C=O) groups is 3. The van der Waals surface area contributed by atoms with Gasteiger partial charge in [-0.2, -0.15) is 0 Å². The Morgan fingerprint density at radius 3 is 0.608 bits per heavy atom. The third-order valence-corrected chi connectivity index (χ3v) is 18.0. The van der Waals surface area contributed by atoms with Gasteiger partial charge in [0, 0.05) is 0 Å². The molecule has 0 amide bonds. The molecule has 0 aliphatic heterocycles. The summed E-state index contributed by atoms with van der Waals surface area (Å²) in [4.78, 5) is 33.9. The normalized spacial score (nSPS) is 13.8. The van der Waals surface area contributed by atoms with Crippen LogP contribution >= 0.6 is 22.5 Å². The number of benzene rings is 3. The summed E-state index contributed by atoms with van der Waals surface area (Å²) in [6, 6.07) is 26.6. The molecule has 0 atom stereocenters. The Kier molecular flexibility index (Phi) is 17.3. The van der Waals surface area contributed by atoms with Crippen molar-refractivity contribution in [1.82, 2.24) is 0 Å². The Hall–Kier alpha value is -3.00. The fraction of sp³-hybridized carbons (Fsp3) is 0.364. The number of hydrogen-bond donors (Lipinski definition) is 0. The quantitative estimate of drug-likeness (QED) is 0.163. The first-order chi connectivity index (χ1) is 24.1. The van der Waals surface area contributed by atoms with Crippen molar-refractivity contribution in [1.29, 1.82) is 0 Å². The summed E-state index contributed by atoms with van der Waals surface area (Å²) in [5, 5.41) is 1.67. The molecule has 15 nitrogen and oxygen atoms in total. The predicted molar refractivity (Wildman–Crippen MR) is 197 cm³/mol.